The molecule has 7 heteroatoms. The molecule has 0 unspecified atom stereocenters. The Morgan fingerprint density at radius 2 is 2.26 bits per heavy atom. The highest BCUT2D eigenvalue weighted by atomic mass is 32.2. The van der Waals surface area contributed by atoms with Crippen LogP contribution in [0, 0.1) is 0 Å². The van der Waals surface area contributed by atoms with Crippen LogP contribution >= 0.6 is 23.1 Å². The summed E-state index contributed by atoms with van der Waals surface area (Å²) in [5.74, 6) is 0.132. The quantitative estimate of drug-likeness (QED) is 0.839. The topological polar surface area (TPSA) is 58.1 Å². The monoisotopic (exact) mass is 348 g/mol. The molecule has 1 aromatic heterocycles. The second kappa shape index (κ2) is 6.88. The normalized spacial score (nSPS) is 17.9. The number of rotatable bonds is 5. The molecule has 2 heterocycles. The molecule has 5 nitrogen and oxygen atoms in total. The number of carbonyl (C=O) groups excluding carboxylic acids is 1. The number of benzene rings is 1. The molecule has 0 saturated heterocycles. The first-order valence-electron chi connectivity index (χ1n) is 7.75. The fourth-order valence-electron chi connectivity index (χ4n) is 2.78. The number of amides is 1. The molecule has 1 N–H and O–H groups in total. The van der Waals surface area contributed by atoms with Crippen LogP contribution in [0.2, 0.25) is 0 Å². The summed E-state index contributed by atoms with van der Waals surface area (Å²) in [5.41, 5.74) is 2.29. The highest BCUT2D eigenvalue weighted by molar-refractivity contribution is 8.02. The van der Waals surface area contributed by atoms with E-state index in [9.17, 15) is 4.79 Å². The lowest BCUT2D eigenvalue weighted by Gasteiger charge is -2.25. The third-order valence-corrected chi connectivity index (χ3v) is 5.86. The summed E-state index contributed by atoms with van der Waals surface area (Å²) in [4.78, 5) is 14.8. The highest BCUT2D eigenvalue weighted by Crippen LogP contribution is 2.35. The van der Waals surface area contributed by atoms with Crippen LogP contribution in [-0.2, 0) is 11.2 Å². The van der Waals surface area contributed by atoms with Crippen molar-refractivity contribution in [2.45, 2.75) is 42.8 Å². The highest BCUT2D eigenvalue weighted by Gasteiger charge is 2.33. The van der Waals surface area contributed by atoms with Crippen molar-refractivity contribution in [1.82, 2.24) is 10.2 Å². The Hall–Kier alpha value is -1.60. The molecule has 2 atom stereocenters. The summed E-state index contributed by atoms with van der Waals surface area (Å²) in [6.07, 6.45) is 0.919. The van der Waals surface area contributed by atoms with Gasteiger partial charge in [-0.25, -0.2) is 0 Å². The first-order chi connectivity index (χ1) is 11.1. The van der Waals surface area contributed by atoms with Gasteiger partial charge in [0, 0.05) is 18.3 Å². The van der Waals surface area contributed by atoms with Crippen LogP contribution in [-0.4, -0.2) is 33.9 Å². The van der Waals surface area contributed by atoms with E-state index in [-0.39, 0.29) is 17.2 Å². The van der Waals surface area contributed by atoms with Crippen molar-refractivity contribution >= 4 is 39.8 Å². The number of thioether (sulfide) groups is 1. The molecule has 1 aromatic carbocycles. The van der Waals surface area contributed by atoms with E-state index in [0.29, 0.717) is 0 Å². The van der Waals surface area contributed by atoms with Crippen molar-refractivity contribution in [3.05, 3.63) is 29.8 Å². The lowest BCUT2D eigenvalue weighted by Crippen LogP contribution is -2.40. The maximum absolute atomic E-state index is 12.9. The standard InChI is InChI=1S/C16H20N4OS2/c1-4-17-15-18-19-16(23-15)22-11(3)14(21)20-10(2)9-12-7-5-6-8-13(12)20/h5-8,10-11H,4,9H2,1-3H3,(H,17,18)/t10-,11-/m0/s1. The lowest BCUT2D eigenvalue weighted by molar-refractivity contribution is -0.118. The van der Waals surface area contributed by atoms with Crippen molar-refractivity contribution in [1.29, 1.82) is 0 Å². The van der Waals surface area contributed by atoms with Crippen LogP contribution in [0.5, 0.6) is 0 Å². The van der Waals surface area contributed by atoms with Gasteiger partial charge in [0.25, 0.3) is 0 Å². The largest absolute Gasteiger partial charge is 0.360 e. The van der Waals surface area contributed by atoms with Gasteiger partial charge in [0.1, 0.15) is 0 Å². The summed E-state index contributed by atoms with van der Waals surface area (Å²) in [5, 5.41) is 12.0. The van der Waals surface area contributed by atoms with Crippen molar-refractivity contribution in [3.8, 4) is 0 Å². The smallest absolute Gasteiger partial charge is 0.240 e. The zero-order chi connectivity index (χ0) is 16.4. The molecule has 1 aliphatic heterocycles. The second-order valence-corrected chi connectivity index (χ2v) is 8.12. The van der Waals surface area contributed by atoms with E-state index >= 15 is 0 Å². The molecule has 1 amide bonds. The molecule has 0 fully saturated rings. The Kier molecular flexibility index (Phi) is 4.87. The lowest BCUT2D eigenvalue weighted by atomic mass is 10.1. The van der Waals surface area contributed by atoms with E-state index in [1.54, 1.807) is 0 Å². The Labute approximate surface area is 144 Å². The average Bonchev–Trinajstić information content (AvgIpc) is 3.10. The Bertz CT molecular complexity index is 703. The average molecular weight is 348 g/mol. The molecule has 1 aliphatic rings. The molecule has 3 rings (SSSR count). The van der Waals surface area contributed by atoms with E-state index < -0.39 is 0 Å². The number of anilines is 2. The molecule has 0 bridgehead atoms. The van der Waals surface area contributed by atoms with Gasteiger partial charge < -0.3 is 10.2 Å². The van der Waals surface area contributed by atoms with Crippen LogP contribution in [0.25, 0.3) is 0 Å². The molecule has 23 heavy (non-hydrogen) atoms. The van der Waals surface area contributed by atoms with E-state index in [1.165, 1.54) is 28.7 Å². The minimum Gasteiger partial charge on any atom is -0.360 e. The molecule has 122 valence electrons. The summed E-state index contributed by atoms with van der Waals surface area (Å²) < 4.78 is 0.821. The van der Waals surface area contributed by atoms with Crippen molar-refractivity contribution in [2.75, 3.05) is 16.8 Å². The van der Waals surface area contributed by atoms with Gasteiger partial charge in [-0.3, -0.25) is 4.79 Å². The van der Waals surface area contributed by atoms with Gasteiger partial charge in [-0.1, -0.05) is 41.3 Å². The van der Waals surface area contributed by atoms with Gasteiger partial charge >= 0.3 is 0 Å². The molecule has 0 aliphatic carbocycles. The number of carbonyl (C=O) groups is 1. The summed E-state index contributed by atoms with van der Waals surface area (Å²) in [6, 6.07) is 8.35. The van der Waals surface area contributed by atoms with Crippen LogP contribution in [0.1, 0.15) is 26.3 Å². The minimum absolute atomic E-state index is 0.132. The Morgan fingerprint density at radius 3 is 3.04 bits per heavy atom. The van der Waals surface area contributed by atoms with Gasteiger partial charge in [0.2, 0.25) is 11.0 Å². The number of hydrogen-bond acceptors (Lipinski definition) is 6. The fourth-order valence-corrected chi connectivity index (χ4v) is 4.79. The summed E-state index contributed by atoms with van der Waals surface area (Å²) in [6.45, 7) is 6.88. The summed E-state index contributed by atoms with van der Waals surface area (Å²) >= 11 is 2.97. The maximum atomic E-state index is 12.9. The van der Waals surface area contributed by atoms with E-state index in [4.69, 9.17) is 0 Å². The third kappa shape index (κ3) is 3.35. The fraction of sp³-hybridized carbons (Fsp3) is 0.438. The molecule has 0 saturated carbocycles. The first kappa shape index (κ1) is 16.3. The summed E-state index contributed by atoms with van der Waals surface area (Å²) in [7, 11) is 0. The van der Waals surface area contributed by atoms with Crippen LogP contribution < -0.4 is 10.2 Å². The third-order valence-electron chi connectivity index (χ3n) is 3.80. The molecular weight excluding hydrogens is 328 g/mol. The van der Waals surface area contributed by atoms with E-state index in [1.807, 2.05) is 36.9 Å². The molecular formula is C16H20N4OS2. The van der Waals surface area contributed by atoms with Crippen molar-refractivity contribution in [3.63, 3.8) is 0 Å². The second-order valence-electron chi connectivity index (χ2n) is 5.55. The Balaban J connectivity index is 1.72. The maximum Gasteiger partial charge on any atom is 0.240 e. The van der Waals surface area contributed by atoms with Gasteiger partial charge in [0.15, 0.2) is 4.34 Å². The van der Waals surface area contributed by atoms with Crippen LogP contribution in [0.3, 0.4) is 0 Å². The van der Waals surface area contributed by atoms with Gasteiger partial charge in [0.05, 0.1) is 5.25 Å². The van der Waals surface area contributed by atoms with Crippen LogP contribution in [0.4, 0.5) is 10.8 Å². The van der Waals surface area contributed by atoms with Crippen LogP contribution in [0.15, 0.2) is 28.6 Å². The van der Waals surface area contributed by atoms with Crippen molar-refractivity contribution in [2.24, 2.45) is 0 Å². The number of nitrogens with zero attached hydrogens (tertiary/aromatic N) is 3. The molecule has 0 spiro atoms. The Morgan fingerprint density at radius 1 is 1.48 bits per heavy atom. The SMILES string of the molecule is CCNc1nnc(S[C@@H](C)C(=O)N2c3ccccc3C[C@@H]2C)s1. The zero-order valence-electron chi connectivity index (χ0n) is 13.4. The molecule has 0 radical (unpaired) electrons. The molecule has 2 aromatic rings. The first-order valence-corrected chi connectivity index (χ1v) is 9.44. The predicted octanol–water partition coefficient (Wildman–Crippen LogP) is 3.43. The number of para-hydroxylation sites is 1. The zero-order valence-corrected chi connectivity index (χ0v) is 15.1. The number of nitrogens with one attached hydrogen (secondary N) is 1. The van der Waals surface area contributed by atoms with Crippen molar-refractivity contribution < 1.29 is 4.79 Å². The predicted molar refractivity (Wildman–Crippen MR) is 96.5 cm³/mol. The van der Waals surface area contributed by atoms with E-state index in [0.717, 1.165) is 28.1 Å². The van der Waals surface area contributed by atoms with E-state index in [2.05, 4.69) is 28.5 Å². The van der Waals surface area contributed by atoms with Gasteiger partial charge in [-0.05, 0) is 38.8 Å². The van der Waals surface area contributed by atoms with Gasteiger partial charge in [-0.2, -0.15) is 0 Å². The van der Waals surface area contributed by atoms with Gasteiger partial charge in [-0.15, -0.1) is 10.2 Å². The minimum atomic E-state index is -0.189. The number of aromatic nitrogens is 2. The number of fused-ring (bicyclic) bond motifs is 1. The number of hydrogen-bond donors (Lipinski definition) is 1.